The highest BCUT2D eigenvalue weighted by molar-refractivity contribution is 6.06. The Morgan fingerprint density at radius 2 is 1.09 bits per heavy atom. The summed E-state index contributed by atoms with van der Waals surface area (Å²) in [7, 11) is 0. The Kier molecular flexibility index (Phi) is 6.08. The van der Waals surface area contributed by atoms with Gasteiger partial charge < -0.3 is 4.57 Å². The molecule has 0 bridgehead atoms. The summed E-state index contributed by atoms with van der Waals surface area (Å²) in [5.41, 5.74) is 12.6. The van der Waals surface area contributed by atoms with Crippen LogP contribution in [0.1, 0.15) is 0 Å². The summed E-state index contributed by atoms with van der Waals surface area (Å²) >= 11 is 0. The van der Waals surface area contributed by atoms with E-state index in [1.165, 1.54) is 5.56 Å². The van der Waals surface area contributed by atoms with Gasteiger partial charge in [-0.3, -0.25) is 9.97 Å². The van der Waals surface area contributed by atoms with E-state index in [1.807, 2.05) is 42.7 Å². The van der Waals surface area contributed by atoms with Crippen molar-refractivity contribution in [1.29, 1.82) is 0 Å². The normalized spacial score (nSPS) is 11.3. The molecule has 4 heteroatoms. The highest BCUT2D eigenvalue weighted by atomic mass is 15.0. The average Bonchev–Trinajstić information content (AvgIpc) is 3.43. The Morgan fingerprint density at radius 1 is 0.395 bits per heavy atom. The first kappa shape index (κ1) is 24.9. The van der Waals surface area contributed by atoms with E-state index in [2.05, 4.69) is 130 Å². The van der Waals surface area contributed by atoms with Crippen LogP contribution in [0.2, 0.25) is 0 Å². The average molecular weight is 551 g/mol. The molecule has 0 aliphatic rings. The summed E-state index contributed by atoms with van der Waals surface area (Å²) in [6.45, 7) is 0. The molecule has 0 spiro atoms. The number of para-hydroxylation sites is 1. The largest absolute Gasteiger partial charge is 0.308 e. The summed E-state index contributed by atoms with van der Waals surface area (Å²) in [6.07, 6.45) is 3.67. The van der Waals surface area contributed by atoms with E-state index in [-0.39, 0.29) is 0 Å². The Labute approximate surface area is 249 Å². The molecule has 0 saturated carbocycles. The zero-order chi connectivity index (χ0) is 28.6. The molecular formula is C39H26N4. The van der Waals surface area contributed by atoms with Crippen molar-refractivity contribution in [2.24, 2.45) is 0 Å². The molecule has 0 aliphatic heterocycles. The Bertz CT molecular complexity index is 2160. The smallest absolute Gasteiger partial charge is 0.0963 e. The maximum Gasteiger partial charge on any atom is 0.0963 e. The molecule has 0 fully saturated rings. The predicted octanol–water partition coefficient (Wildman–Crippen LogP) is 9.64. The zero-order valence-electron chi connectivity index (χ0n) is 23.3. The van der Waals surface area contributed by atoms with Crippen LogP contribution in [0.4, 0.5) is 0 Å². The van der Waals surface area contributed by atoms with Gasteiger partial charge in [0.05, 0.1) is 33.6 Å². The lowest BCUT2D eigenvalue weighted by Gasteiger charge is -2.12. The summed E-state index contributed by atoms with van der Waals surface area (Å²) in [6, 6.07) is 50.6. The van der Waals surface area contributed by atoms with Crippen LogP contribution in [0, 0.1) is 0 Å². The number of hydrogen-bond acceptors (Lipinski definition) is 3. The standard InChI is InChI=1S/C39H26N4/c1-2-10-27(11-3-1)29-12-8-13-30(24-29)35-25-31(26-36(42-35)34-15-6-7-22-40-34)28-18-20-32(21-19-28)43-37-16-5-4-14-33(37)39-38(43)17-9-23-41-39/h1-26H. The van der Waals surface area contributed by atoms with E-state index in [4.69, 9.17) is 4.98 Å². The molecule has 0 N–H and O–H groups in total. The number of nitrogens with zero attached hydrogens (tertiary/aromatic N) is 4. The maximum atomic E-state index is 5.09. The van der Waals surface area contributed by atoms with Gasteiger partial charge >= 0.3 is 0 Å². The number of aromatic nitrogens is 4. The quantitative estimate of drug-likeness (QED) is 0.214. The first-order chi connectivity index (χ1) is 21.3. The van der Waals surface area contributed by atoms with Crippen LogP contribution in [0.25, 0.3) is 72.5 Å². The fourth-order valence-electron chi connectivity index (χ4n) is 5.84. The van der Waals surface area contributed by atoms with Gasteiger partial charge in [-0.15, -0.1) is 0 Å². The van der Waals surface area contributed by atoms with E-state index in [0.29, 0.717) is 0 Å². The summed E-state index contributed by atoms with van der Waals surface area (Å²) in [5, 5.41) is 1.15. The summed E-state index contributed by atoms with van der Waals surface area (Å²) < 4.78 is 2.29. The minimum atomic E-state index is 0.843. The van der Waals surface area contributed by atoms with Crippen molar-refractivity contribution >= 4 is 21.9 Å². The molecule has 43 heavy (non-hydrogen) atoms. The monoisotopic (exact) mass is 550 g/mol. The number of rotatable bonds is 5. The van der Waals surface area contributed by atoms with Gasteiger partial charge in [0.2, 0.25) is 0 Å². The van der Waals surface area contributed by atoms with Gasteiger partial charge in [0, 0.05) is 29.0 Å². The molecule has 0 atom stereocenters. The number of hydrogen-bond donors (Lipinski definition) is 0. The summed E-state index contributed by atoms with van der Waals surface area (Å²) in [4.78, 5) is 14.4. The highest BCUT2D eigenvalue weighted by Crippen LogP contribution is 2.34. The molecule has 0 unspecified atom stereocenters. The molecule has 0 radical (unpaired) electrons. The fourth-order valence-corrected chi connectivity index (χ4v) is 5.84. The molecule has 0 aliphatic carbocycles. The van der Waals surface area contributed by atoms with Crippen LogP contribution < -0.4 is 0 Å². The van der Waals surface area contributed by atoms with Gasteiger partial charge in [0.15, 0.2) is 0 Å². The third-order valence-electron chi connectivity index (χ3n) is 7.90. The summed E-state index contributed by atoms with van der Waals surface area (Å²) in [5.74, 6) is 0. The second kappa shape index (κ2) is 10.5. The molecule has 4 aromatic heterocycles. The van der Waals surface area contributed by atoms with Crippen LogP contribution in [0.15, 0.2) is 158 Å². The van der Waals surface area contributed by atoms with Crippen molar-refractivity contribution in [1.82, 2.24) is 19.5 Å². The third-order valence-corrected chi connectivity index (χ3v) is 7.90. The lowest BCUT2D eigenvalue weighted by molar-refractivity contribution is 1.17. The van der Waals surface area contributed by atoms with Gasteiger partial charge in [-0.25, -0.2) is 4.98 Å². The Balaban J connectivity index is 1.25. The van der Waals surface area contributed by atoms with Crippen molar-refractivity contribution < 1.29 is 0 Å². The fraction of sp³-hybridized carbons (Fsp3) is 0. The molecule has 8 aromatic rings. The SMILES string of the molecule is c1ccc(-c2cccc(-c3cc(-c4ccc(-n5c6ccccc6c6ncccc65)cc4)cc(-c4ccccn4)n3)c2)cc1. The van der Waals surface area contributed by atoms with Crippen LogP contribution in [0.3, 0.4) is 0 Å². The van der Waals surface area contributed by atoms with Crippen LogP contribution in [-0.2, 0) is 0 Å². The molecular weight excluding hydrogens is 524 g/mol. The minimum absolute atomic E-state index is 0.843. The third kappa shape index (κ3) is 4.55. The van der Waals surface area contributed by atoms with Gasteiger partial charge in [-0.05, 0) is 82.9 Å². The van der Waals surface area contributed by atoms with Gasteiger partial charge in [-0.1, -0.05) is 84.9 Å². The molecule has 4 nitrogen and oxygen atoms in total. The van der Waals surface area contributed by atoms with E-state index >= 15 is 0 Å². The van der Waals surface area contributed by atoms with Crippen molar-refractivity contribution in [3.8, 4) is 50.6 Å². The van der Waals surface area contributed by atoms with Crippen LogP contribution >= 0.6 is 0 Å². The van der Waals surface area contributed by atoms with Crippen molar-refractivity contribution in [2.45, 2.75) is 0 Å². The highest BCUT2D eigenvalue weighted by Gasteiger charge is 2.14. The lowest BCUT2D eigenvalue weighted by atomic mass is 9.98. The predicted molar refractivity (Wildman–Crippen MR) is 176 cm³/mol. The van der Waals surface area contributed by atoms with Gasteiger partial charge in [0.25, 0.3) is 0 Å². The Hall–Kier alpha value is -5.87. The minimum Gasteiger partial charge on any atom is -0.308 e. The number of fused-ring (bicyclic) bond motifs is 3. The second-order valence-electron chi connectivity index (χ2n) is 10.6. The van der Waals surface area contributed by atoms with Crippen molar-refractivity contribution in [3.63, 3.8) is 0 Å². The molecule has 0 saturated heterocycles. The van der Waals surface area contributed by atoms with Crippen molar-refractivity contribution in [3.05, 3.63) is 158 Å². The lowest BCUT2D eigenvalue weighted by Crippen LogP contribution is -1.95. The molecule has 0 amide bonds. The van der Waals surface area contributed by atoms with E-state index in [9.17, 15) is 0 Å². The van der Waals surface area contributed by atoms with Crippen LogP contribution in [0.5, 0.6) is 0 Å². The van der Waals surface area contributed by atoms with E-state index in [0.717, 1.165) is 67.0 Å². The topological polar surface area (TPSA) is 43.6 Å². The van der Waals surface area contributed by atoms with Gasteiger partial charge in [0.1, 0.15) is 0 Å². The van der Waals surface area contributed by atoms with Crippen LogP contribution in [-0.4, -0.2) is 19.5 Å². The van der Waals surface area contributed by atoms with Crippen molar-refractivity contribution in [2.75, 3.05) is 0 Å². The Morgan fingerprint density at radius 3 is 1.95 bits per heavy atom. The molecule has 4 heterocycles. The number of benzene rings is 4. The first-order valence-electron chi connectivity index (χ1n) is 14.4. The zero-order valence-corrected chi connectivity index (χ0v) is 23.3. The van der Waals surface area contributed by atoms with Gasteiger partial charge in [-0.2, -0.15) is 0 Å². The molecule has 8 rings (SSSR count). The van der Waals surface area contributed by atoms with E-state index < -0.39 is 0 Å². The molecule has 202 valence electrons. The second-order valence-corrected chi connectivity index (χ2v) is 10.6. The first-order valence-corrected chi connectivity index (χ1v) is 14.4. The van der Waals surface area contributed by atoms with E-state index in [1.54, 1.807) is 0 Å². The molecule has 4 aromatic carbocycles. The number of pyridine rings is 3. The maximum absolute atomic E-state index is 5.09.